The maximum atomic E-state index is 12.8. The second-order valence-corrected chi connectivity index (χ2v) is 6.79. The van der Waals surface area contributed by atoms with Crippen LogP contribution in [0.1, 0.15) is 36.7 Å². The SMILES string of the molecule is C[C@H]1CCc2cc3cc(C#Cc4ccccn4)ccc3c(=O)n2CC1. The van der Waals surface area contributed by atoms with Gasteiger partial charge in [-0.15, -0.1) is 0 Å². The van der Waals surface area contributed by atoms with Gasteiger partial charge in [0, 0.05) is 29.4 Å². The number of aryl methyl sites for hydroxylation is 1. The molecule has 1 aromatic carbocycles. The minimum Gasteiger partial charge on any atom is -0.312 e. The zero-order chi connectivity index (χ0) is 17.2. The third-order valence-electron chi connectivity index (χ3n) is 4.93. The van der Waals surface area contributed by atoms with Crippen molar-refractivity contribution in [3.05, 3.63) is 76.0 Å². The molecule has 4 rings (SSSR count). The fourth-order valence-corrected chi connectivity index (χ4v) is 3.40. The highest BCUT2D eigenvalue weighted by molar-refractivity contribution is 5.83. The molecule has 3 nitrogen and oxygen atoms in total. The van der Waals surface area contributed by atoms with E-state index in [0.717, 1.165) is 53.5 Å². The Labute approximate surface area is 147 Å². The minimum atomic E-state index is 0.130. The standard InChI is InChI=1S/C22H20N2O/c1-16-5-9-20-15-18-14-17(6-8-19-4-2-3-12-23-19)7-10-21(18)22(25)24(20)13-11-16/h2-4,7,10,12,14-16H,5,9,11,13H2,1H3/t16-/m0/s1. The second-order valence-electron chi connectivity index (χ2n) is 6.79. The molecule has 0 aliphatic carbocycles. The van der Waals surface area contributed by atoms with Gasteiger partial charge in [-0.3, -0.25) is 4.79 Å². The van der Waals surface area contributed by atoms with Gasteiger partial charge in [0.25, 0.3) is 5.56 Å². The van der Waals surface area contributed by atoms with Crippen LogP contribution >= 0.6 is 0 Å². The van der Waals surface area contributed by atoms with Crippen LogP contribution in [0.4, 0.5) is 0 Å². The normalized spacial score (nSPS) is 16.6. The largest absolute Gasteiger partial charge is 0.312 e. The monoisotopic (exact) mass is 328 g/mol. The Kier molecular flexibility index (Phi) is 4.11. The first-order chi connectivity index (χ1) is 12.2. The predicted octanol–water partition coefficient (Wildman–Crippen LogP) is 3.77. The van der Waals surface area contributed by atoms with Crippen LogP contribution in [0, 0.1) is 17.8 Å². The van der Waals surface area contributed by atoms with Crippen molar-refractivity contribution in [2.45, 2.75) is 32.7 Å². The first-order valence-electron chi connectivity index (χ1n) is 8.80. The Balaban J connectivity index is 1.77. The summed E-state index contributed by atoms with van der Waals surface area (Å²) in [5, 5.41) is 1.76. The lowest BCUT2D eigenvalue weighted by molar-refractivity contribution is 0.484. The molecule has 3 heterocycles. The van der Waals surface area contributed by atoms with E-state index in [2.05, 4.69) is 29.8 Å². The van der Waals surface area contributed by atoms with E-state index in [-0.39, 0.29) is 5.56 Å². The summed E-state index contributed by atoms with van der Waals surface area (Å²) in [5.74, 6) is 6.89. The van der Waals surface area contributed by atoms with Crippen LogP contribution in [0.15, 0.2) is 53.5 Å². The summed E-state index contributed by atoms with van der Waals surface area (Å²) in [6.07, 6.45) is 4.92. The fourth-order valence-electron chi connectivity index (χ4n) is 3.40. The minimum absolute atomic E-state index is 0.130. The van der Waals surface area contributed by atoms with E-state index in [4.69, 9.17) is 0 Å². The zero-order valence-electron chi connectivity index (χ0n) is 14.3. The lowest BCUT2D eigenvalue weighted by Gasteiger charge is -2.11. The smallest absolute Gasteiger partial charge is 0.258 e. The maximum Gasteiger partial charge on any atom is 0.258 e. The number of benzene rings is 1. The molecule has 2 aromatic heterocycles. The molecule has 0 fully saturated rings. The molecule has 0 saturated carbocycles. The molecule has 0 radical (unpaired) electrons. The van der Waals surface area contributed by atoms with E-state index in [1.54, 1.807) is 6.20 Å². The third kappa shape index (κ3) is 3.21. The fraction of sp³-hybridized carbons (Fsp3) is 0.273. The molecule has 25 heavy (non-hydrogen) atoms. The third-order valence-corrected chi connectivity index (χ3v) is 4.93. The first kappa shape index (κ1) is 15.7. The Bertz CT molecular complexity index is 1040. The molecular formula is C22H20N2O. The van der Waals surface area contributed by atoms with Gasteiger partial charge in [-0.25, -0.2) is 4.98 Å². The van der Waals surface area contributed by atoms with Gasteiger partial charge in [0.05, 0.1) is 0 Å². The summed E-state index contributed by atoms with van der Waals surface area (Å²) in [5.41, 5.74) is 2.94. The molecule has 0 unspecified atom stereocenters. The Morgan fingerprint density at radius 1 is 1.12 bits per heavy atom. The quantitative estimate of drug-likeness (QED) is 0.589. The Morgan fingerprint density at radius 3 is 2.88 bits per heavy atom. The van der Waals surface area contributed by atoms with Crippen molar-refractivity contribution in [3.8, 4) is 11.8 Å². The van der Waals surface area contributed by atoms with Gasteiger partial charge >= 0.3 is 0 Å². The number of aromatic nitrogens is 2. The number of hydrogen-bond acceptors (Lipinski definition) is 2. The number of hydrogen-bond donors (Lipinski definition) is 0. The van der Waals surface area contributed by atoms with Crippen molar-refractivity contribution in [1.82, 2.24) is 9.55 Å². The van der Waals surface area contributed by atoms with Crippen LogP contribution in [0.2, 0.25) is 0 Å². The molecule has 0 spiro atoms. The van der Waals surface area contributed by atoms with E-state index < -0.39 is 0 Å². The van der Waals surface area contributed by atoms with Crippen molar-refractivity contribution >= 4 is 10.8 Å². The molecule has 1 aliphatic heterocycles. The van der Waals surface area contributed by atoms with Crippen LogP contribution < -0.4 is 5.56 Å². The molecule has 0 bridgehead atoms. The van der Waals surface area contributed by atoms with Gasteiger partial charge < -0.3 is 4.57 Å². The van der Waals surface area contributed by atoms with Gasteiger partial charge in [-0.1, -0.05) is 18.9 Å². The molecule has 3 heteroatoms. The van der Waals surface area contributed by atoms with E-state index >= 15 is 0 Å². The lowest BCUT2D eigenvalue weighted by atomic mass is 10.0. The summed E-state index contributed by atoms with van der Waals surface area (Å²) in [6, 6.07) is 13.7. The van der Waals surface area contributed by atoms with Gasteiger partial charge in [0.1, 0.15) is 5.69 Å². The predicted molar refractivity (Wildman–Crippen MR) is 101 cm³/mol. The van der Waals surface area contributed by atoms with Crippen LogP contribution in [0.3, 0.4) is 0 Å². The average Bonchev–Trinajstić information content (AvgIpc) is 2.83. The summed E-state index contributed by atoms with van der Waals surface area (Å²) in [6.45, 7) is 3.09. The summed E-state index contributed by atoms with van der Waals surface area (Å²) in [4.78, 5) is 17.1. The molecule has 124 valence electrons. The van der Waals surface area contributed by atoms with Crippen molar-refractivity contribution < 1.29 is 0 Å². The summed E-state index contributed by atoms with van der Waals surface area (Å²) >= 11 is 0. The molecule has 3 aromatic rings. The number of fused-ring (bicyclic) bond motifs is 2. The number of rotatable bonds is 0. The molecule has 0 N–H and O–H groups in total. The molecular weight excluding hydrogens is 308 g/mol. The van der Waals surface area contributed by atoms with Crippen molar-refractivity contribution in [2.24, 2.45) is 5.92 Å². The first-order valence-corrected chi connectivity index (χ1v) is 8.80. The topological polar surface area (TPSA) is 34.9 Å². The summed E-state index contributed by atoms with van der Waals surface area (Å²) in [7, 11) is 0. The molecule has 1 atom stereocenters. The Morgan fingerprint density at radius 2 is 2.04 bits per heavy atom. The van der Waals surface area contributed by atoms with Crippen LogP contribution in [0.5, 0.6) is 0 Å². The maximum absolute atomic E-state index is 12.8. The summed E-state index contributed by atoms with van der Waals surface area (Å²) < 4.78 is 1.96. The van der Waals surface area contributed by atoms with E-state index in [9.17, 15) is 4.79 Å². The van der Waals surface area contributed by atoms with E-state index in [1.807, 2.05) is 41.0 Å². The number of nitrogens with zero attached hydrogens (tertiary/aromatic N) is 2. The van der Waals surface area contributed by atoms with Crippen LogP contribution in [-0.4, -0.2) is 9.55 Å². The van der Waals surface area contributed by atoms with E-state index in [1.165, 1.54) is 0 Å². The highest BCUT2D eigenvalue weighted by atomic mass is 16.1. The van der Waals surface area contributed by atoms with Crippen molar-refractivity contribution in [2.75, 3.05) is 0 Å². The van der Waals surface area contributed by atoms with Crippen molar-refractivity contribution in [1.29, 1.82) is 0 Å². The van der Waals surface area contributed by atoms with Gasteiger partial charge in [-0.05, 0) is 72.9 Å². The second kappa shape index (κ2) is 6.57. The van der Waals surface area contributed by atoms with E-state index in [0.29, 0.717) is 5.92 Å². The average molecular weight is 328 g/mol. The zero-order valence-corrected chi connectivity index (χ0v) is 14.3. The van der Waals surface area contributed by atoms with Crippen LogP contribution in [-0.2, 0) is 13.0 Å². The van der Waals surface area contributed by atoms with Gasteiger partial charge in [0.2, 0.25) is 0 Å². The highest BCUT2D eigenvalue weighted by Gasteiger charge is 2.15. The molecule has 0 amide bonds. The van der Waals surface area contributed by atoms with Gasteiger partial charge in [0.15, 0.2) is 0 Å². The highest BCUT2D eigenvalue weighted by Crippen LogP contribution is 2.21. The Hall–Kier alpha value is -2.86. The molecule has 1 aliphatic rings. The number of pyridine rings is 2. The van der Waals surface area contributed by atoms with Crippen molar-refractivity contribution in [3.63, 3.8) is 0 Å². The van der Waals surface area contributed by atoms with Gasteiger partial charge in [-0.2, -0.15) is 0 Å². The van der Waals surface area contributed by atoms with Crippen LogP contribution in [0.25, 0.3) is 10.8 Å². The molecule has 0 saturated heterocycles. The lowest BCUT2D eigenvalue weighted by Crippen LogP contribution is -2.22.